The van der Waals surface area contributed by atoms with Crippen molar-refractivity contribution in [1.29, 1.82) is 0 Å². The van der Waals surface area contributed by atoms with Gasteiger partial charge >= 0.3 is 0 Å². The monoisotopic (exact) mass is 402 g/mol. The van der Waals surface area contributed by atoms with E-state index in [2.05, 4.69) is 24.4 Å². The molecular formula is C22H30N2O3S. The number of amides is 1. The maximum atomic E-state index is 12.7. The number of rotatable bonds is 6. The highest BCUT2D eigenvalue weighted by molar-refractivity contribution is 7.92. The third kappa shape index (κ3) is 4.93. The van der Waals surface area contributed by atoms with Gasteiger partial charge in [-0.2, -0.15) is 0 Å². The Morgan fingerprint density at radius 1 is 1.00 bits per heavy atom. The summed E-state index contributed by atoms with van der Waals surface area (Å²) in [5.74, 6) is -0.337. The second-order valence-corrected chi connectivity index (χ2v) is 9.48. The van der Waals surface area contributed by atoms with Crippen molar-refractivity contribution in [3.8, 4) is 0 Å². The van der Waals surface area contributed by atoms with E-state index in [4.69, 9.17) is 0 Å². The van der Waals surface area contributed by atoms with Crippen molar-refractivity contribution >= 4 is 21.6 Å². The zero-order valence-electron chi connectivity index (χ0n) is 17.8. The molecule has 0 aliphatic carbocycles. The van der Waals surface area contributed by atoms with Crippen molar-refractivity contribution in [3.63, 3.8) is 0 Å². The molecular weight excluding hydrogens is 372 g/mol. The van der Waals surface area contributed by atoms with E-state index in [0.717, 1.165) is 34.1 Å². The van der Waals surface area contributed by atoms with Crippen molar-refractivity contribution in [1.82, 2.24) is 5.32 Å². The molecule has 2 aromatic carbocycles. The van der Waals surface area contributed by atoms with Crippen LogP contribution in [-0.4, -0.2) is 27.1 Å². The Labute approximate surface area is 168 Å². The van der Waals surface area contributed by atoms with E-state index < -0.39 is 10.0 Å². The molecule has 0 aliphatic rings. The number of nitrogens with one attached hydrogen (secondary N) is 1. The topological polar surface area (TPSA) is 66.5 Å². The van der Waals surface area contributed by atoms with Crippen LogP contribution in [-0.2, 0) is 14.8 Å². The number of anilines is 1. The third-order valence-corrected chi connectivity index (χ3v) is 6.39. The predicted molar refractivity (Wildman–Crippen MR) is 115 cm³/mol. The highest BCUT2D eigenvalue weighted by Crippen LogP contribution is 2.25. The molecule has 0 aromatic heterocycles. The van der Waals surface area contributed by atoms with E-state index in [1.807, 2.05) is 40.7 Å². The third-order valence-electron chi connectivity index (χ3n) is 5.26. The molecule has 0 radical (unpaired) electrons. The average molecular weight is 403 g/mol. The Morgan fingerprint density at radius 2 is 1.61 bits per heavy atom. The summed E-state index contributed by atoms with van der Waals surface area (Å²) in [6.45, 7) is 11.6. The maximum absolute atomic E-state index is 12.7. The van der Waals surface area contributed by atoms with Gasteiger partial charge < -0.3 is 5.32 Å². The summed E-state index contributed by atoms with van der Waals surface area (Å²) in [6.07, 6.45) is 1.12. The fourth-order valence-corrected chi connectivity index (χ4v) is 4.24. The van der Waals surface area contributed by atoms with Crippen LogP contribution in [0.3, 0.4) is 0 Å². The molecule has 1 amide bonds. The lowest BCUT2D eigenvalue weighted by molar-refractivity contribution is -0.120. The van der Waals surface area contributed by atoms with Crippen molar-refractivity contribution in [2.24, 2.45) is 0 Å². The molecule has 0 heterocycles. The van der Waals surface area contributed by atoms with Gasteiger partial charge in [0.05, 0.1) is 18.0 Å². The molecule has 0 unspecified atom stereocenters. The van der Waals surface area contributed by atoms with Crippen LogP contribution in [0.15, 0.2) is 30.3 Å². The summed E-state index contributed by atoms with van der Waals surface area (Å²) in [4.78, 5) is 12.7. The van der Waals surface area contributed by atoms with Gasteiger partial charge in [-0.1, -0.05) is 24.3 Å². The first-order valence-corrected chi connectivity index (χ1v) is 11.2. The van der Waals surface area contributed by atoms with Crippen LogP contribution >= 0.6 is 0 Å². The number of hydrogen-bond acceptors (Lipinski definition) is 3. The molecule has 5 nitrogen and oxygen atoms in total. The molecule has 0 aliphatic heterocycles. The van der Waals surface area contributed by atoms with Gasteiger partial charge in [-0.05, 0) is 81.0 Å². The van der Waals surface area contributed by atoms with Gasteiger partial charge in [-0.25, -0.2) is 8.42 Å². The van der Waals surface area contributed by atoms with Crippen LogP contribution in [0.2, 0.25) is 0 Å². The van der Waals surface area contributed by atoms with E-state index in [0.29, 0.717) is 5.69 Å². The molecule has 28 heavy (non-hydrogen) atoms. The van der Waals surface area contributed by atoms with Gasteiger partial charge in [0.2, 0.25) is 15.9 Å². The molecule has 152 valence electrons. The molecule has 0 spiro atoms. The zero-order valence-corrected chi connectivity index (χ0v) is 18.6. The number of carbonyl (C=O) groups excluding carboxylic acids is 1. The predicted octanol–water partition coefficient (Wildman–Crippen LogP) is 3.87. The second kappa shape index (κ2) is 8.35. The van der Waals surface area contributed by atoms with E-state index in [-0.39, 0.29) is 18.5 Å². The van der Waals surface area contributed by atoms with Crippen molar-refractivity contribution in [3.05, 3.63) is 63.7 Å². The van der Waals surface area contributed by atoms with E-state index in [1.165, 1.54) is 9.87 Å². The molecule has 0 fully saturated rings. The van der Waals surface area contributed by atoms with E-state index >= 15 is 0 Å². The van der Waals surface area contributed by atoms with Crippen molar-refractivity contribution in [2.45, 2.75) is 47.6 Å². The number of benzene rings is 2. The molecule has 0 saturated carbocycles. The summed E-state index contributed by atoms with van der Waals surface area (Å²) in [7, 11) is -3.60. The number of aryl methyl sites for hydroxylation is 4. The van der Waals surface area contributed by atoms with Crippen molar-refractivity contribution in [2.75, 3.05) is 17.1 Å². The largest absolute Gasteiger partial charge is 0.348 e. The number of hydrogen-bond donors (Lipinski definition) is 1. The van der Waals surface area contributed by atoms with Gasteiger partial charge in [0, 0.05) is 0 Å². The fraction of sp³-hybridized carbons (Fsp3) is 0.409. The highest BCUT2D eigenvalue weighted by Gasteiger charge is 2.24. The molecule has 2 rings (SSSR count). The Bertz CT molecular complexity index is 997. The quantitative estimate of drug-likeness (QED) is 0.798. The Hall–Kier alpha value is -2.34. The van der Waals surface area contributed by atoms with Crippen LogP contribution in [0.5, 0.6) is 0 Å². The average Bonchev–Trinajstić information content (AvgIpc) is 2.57. The number of sulfonamides is 1. The lowest BCUT2D eigenvalue weighted by Gasteiger charge is -2.26. The molecule has 0 saturated heterocycles. The Balaban J connectivity index is 2.25. The van der Waals surface area contributed by atoms with Gasteiger partial charge in [0.1, 0.15) is 6.54 Å². The molecule has 6 heteroatoms. The van der Waals surface area contributed by atoms with Crippen LogP contribution in [0.1, 0.15) is 46.3 Å². The van der Waals surface area contributed by atoms with Gasteiger partial charge in [-0.15, -0.1) is 0 Å². The minimum atomic E-state index is -3.60. The van der Waals surface area contributed by atoms with Crippen molar-refractivity contribution < 1.29 is 13.2 Å². The molecule has 1 N–H and O–H groups in total. The second-order valence-electron chi connectivity index (χ2n) is 7.57. The zero-order chi connectivity index (χ0) is 21.2. The Kier molecular flexibility index (Phi) is 6.55. The molecule has 1 atom stereocenters. The number of nitrogens with zero attached hydrogens (tertiary/aromatic N) is 1. The highest BCUT2D eigenvalue weighted by atomic mass is 32.2. The summed E-state index contributed by atoms with van der Waals surface area (Å²) in [5.41, 5.74) is 6.87. The van der Waals surface area contributed by atoms with Gasteiger partial charge in [0.25, 0.3) is 0 Å². The maximum Gasteiger partial charge on any atom is 0.241 e. The molecule has 0 bridgehead atoms. The minimum Gasteiger partial charge on any atom is -0.348 e. The molecule has 2 aromatic rings. The first-order chi connectivity index (χ1) is 12.9. The summed E-state index contributed by atoms with van der Waals surface area (Å²) >= 11 is 0. The lowest BCUT2D eigenvalue weighted by Crippen LogP contribution is -2.41. The first-order valence-electron chi connectivity index (χ1n) is 9.33. The van der Waals surface area contributed by atoms with Crippen LogP contribution in [0, 0.1) is 34.6 Å². The SMILES string of the molecule is Cc1cc(C)c([C@H](C)NC(=O)CN(c2cccc(C)c2C)S(C)(=O)=O)cc1C. The summed E-state index contributed by atoms with van der Waals surface area (Å²) < 4.78 is 25.9. The van der Waals surface area contributed by atoms with Crippen LogP contribution in [0.4, 0.5) is 5.69 Å². The van der Waals surface area contributed by atoms with E-state index in [1.54, 1.807) is 12.1 Å². The van der Waals surface area contributed by atoms with Gasteiger partial charge in [0.15, 0.2) is 0 Å². The van der Waals surface area contributed by atoms with Crippen LogP contribution in [0.25, 0.3) is 0 Å². The van der Waals surface area contributed by atoms with E-state index in [9.17, 15) is 13.2 Å². The smallest absolute Gasteiger partial charge is 0.241 e. The lowest BCUT2D eigenvalue weighted by atomic mass is 9.96. The summed E-state index contributed by atoms with van der Waals surface area (Å²) in [5, 5.41) is 2.95. The minimum absolute atomic E-state index is 0.216. The fourth-order valence-electron chi connectivity index (χ4n) is 3.33. The number of carbonyl (C=O) groups is 1. The Morgan fingerprint density at radius 3 is 2.21 bits per heavy atom. The van der Waals surface area contributed by atoms with Crippen LogP contribution < -0.4 is 9.62 Å². The standard InChI is InChI=1S/C22H30N2O3S/c1-14-9-8-10-21(18(14)5)24(28(7,26)27)13-22(25)23-19(6)20-12-16(3)15(2)11-17(20)4/h8-12,19H,13H2,1-7H3,(H,23,25)/t19-/m0/s1. The van der Waals surface area contributed by atoms with Gasteiger partial charge in [-0.3, -0.25) is 9.10 Å². The summed E-state index contributed by atoms with van der Waals surface area (Å²) in [6, 6.07) is 9.42. The first kappa shape index (κ1) is 22.0. The normalized spacial score (nSPS) is 12.5.